The van der Waals surface area contributed by atoms with Crippen molar-refractivity contribution in [2.45, 2.75) is 59.2 Å². The highest BCUT2D eigenvalue weighted by molar-refractivity contribution is 5.93. The first-order valence-corrected chi connectivity index (χ1v) is 8.31. The van der Waals surface area contributed by atoms with Crippen LogP contribution in [0.5, 0.6) is 0 Å². The molecular weight excluding hydrogens is 328 g/mol. The van der Waals surface area contributed by atoms with Crippen molar-refractivity contribution in [2.75, 3.05) is 6.54 Å². The normalized spacial score (nSPS) is 14.6. The van der Waals surface area contributed by atoms with Gasteiger partial charge in [0.15, 0.2) is 0 Å². The summed E-state index contributed by atoms with van der Waals surface area (Å²) in [6.07, 6.45) is 0.381. The highest BCUT2D eigenvalue weighted by atomic mass is 16.4. The zero-order valence-corrected chi connectivity index (χ0v) is 15.5. The van der Waals surface area contributed by atoms with E-state index in [1.54, 1.807) is 13.8 Å². The molecule has 3 amide bonds. The van der Waals surface area contributed by atoms with E-state index in [2.05, 4.69) is 16.0 Å². The molecule has 0 heterocycles. The van der Waals surface area contributed by atoms with Gasteiger partial charge in [0.25, 0.3) is 0 Å². The van der Waals surface area contributed by atoms with E-state index in [4.69, 9.17) is 10.8 Å². The fourth-order valence-electron chi connectivity index (χ4n) is 2.07. The molecule has 0 saturated heterocycles. The number of aliphatic carboxylic acids is 1. The molecular formula is C16H30N4O5. The van der Waals surface area contributed by atoms with Gasteiger partial charge in [-0.05, 0) is 25.2 Å². The lowest BCUT2D eigenvalue weighted by atomic mass is 9.99. The van der Waals surface area contributed by atoms with Crippen LogP contribution in [0.4, 0.5) is 0 Å². The van der Waals surface area contributed by atoms with Gasteiger partial charge in [-0.15, -0.1) is 0 Å². The van der Waals surface area contributed by atoms with Gasteiger partial charge in [-0.25, -0.2) is 0 Å². The van der Waals surface area contributed by atoms with Crippen LogP contribution in [0.2, 0.25) is 0 Å². The van der Waals surface area contributed by atoms with Crippen LogP contribution in [0, 0.1) is 11.8 Å². The number of carbonyl (C=O) groups is 4. The fraction of sp³-hybridized carbons (Fsp3) is 0.750. The molecule has 0 aromatic heterocycles. The molecule has 0 aromatic rings. The van der Waals surface area contributed by atoms with Crippen molar-refractivity contribution in [3.05, 3.63) is 0 Å². The van der Waals surface area contributed by atoms with E-state index in [1.807, 2.05) is 13.8 Å². The number of carbonyl (C=O) groups excluding carboxylic acids is 3. The number of rotatable bonds is 10. The topological polar surface area (TPSA) is 151 Å². The van der Waals surface area contributed by atoms with Gasteiger partial charge >= 0.3 is 5.97 Å². The third-order valence-electron chi connectivity index (χ3n) is 3.41. The van der Waals surface area contributed by atoms with Crippen LogP contribution in [-0.4, -0.2) is 53.5 Å². The molecule has 0 spiro atoms. The summed E-state index contributed by atoms with van der Waals surface area (Å²) in [5, 5.41) is 16.1. The molecule has 0 bridgehead atoms. The summed E-state index contributed by atoms with van der Waals surface area (Å²) in [7, 11) is 0. The van der Waals surface area contributed by atoms with Crippen LogP contribution >= 0.6 is 0 Å². The average molecular weight is 358 g/mol. The van der Waals surface area contributed by atoms with Gasteiger partial charge in [0.05, 0.1) is 6.04 Å². The standard InChI is InChI=1S/C16H30N4O5/c1-8(2)6-11(19-14(23)10(5)17)15(24)20-13(9(3)4)16(25)18-7-12(21)22/h8-11,13H,6-7,17H2,1-5H3,(H,18,25)(H,19,23)(H,20,24)(H,21,22). The third-order valence-corrected chi connectivity index (χ3v) is 3.41. The van der Waals surface area contributed by atoms with Crippen LogP contribution in [0.15, 0.2) is 0 Å². The summed E-state index contributed by atoms with van der Waals surface area (Å²) in [6, 6.07) is -2.50. The molecule has 0 rings (SSSR count). The van der Waals surface area contributed by atoms with Crippen LogP contribution in [0.1, 0.15) is 41.0 Å². The fourth-order valence-corrected chi connectivity index (χ4v) is 2.07. The second-order valence-corrected chi connectivity index (χ2v) is 6.82. The van der Waals surface area contributed by atoms with Crippen molar-refractivity contribution < 1.29 is 24.3 Å². The summed E-state index contributed by atoms with van der Waals surface area (Å²) >= 11 is 0. The van der Waals surface area contributed by atoms with E-state index in [1.165, 1.54) is 6.92 Å². The largest absolute Gasteiger partial charge is 0.480 e. The quantitative estimate of drug-likeness (QED) is 0.345. The Balaban J connectivity index is 5.08. The SMILES string of the molecule is CC(C)CC(NC(=O)C(C)N)C(=O)NC(C(=O)NCC(=O)O)C(C)C. The van der Waals surface area contributed by atoms with Crippen molar-refractivity contribution in [1.82, 2.24) is 16.0 Å². The van der Waals surface area contributed by atoms with Gasteiger partial charge in [-0.1, -0.05) is 27.7 Å². The molecule has 0 aliphatic heterocycles. The zero-order chi connectivity index (χ0) is 19.7. The van der Waals surface area contributed by atoms with Gasteiger partial charge < -0.3 is 26.8 Å². The Bertz CT molecular complexity index is 491. The van der Waals surface area contributed by atoms with Crippen molar-refractivity contribution in [2.24, 2.45) is 17.6 Å². The Morgan fingerprint density at radius 2 is 1.48 bits per heavy atom. The van der Waals surface area contributed by atoms with Crippen LogP contribution in [-0.2, 0) is 19.2 Å². The zero-order valence-electron chi connectivity index (χ0n) is 15.5. The number of hydrogen-bond acceptors (Lipinski definition) is 5. The van der Waals surface area contributed by atoms with Gasteiger partial charge in [0.1, 0.15) is 18.6 Å². The molecule has 0 saturated carbocycles. The van der Waals surface area contributed by atoms with Gasteiger partial charge in [-0.2, -0.15) is 0 Å². The maximum Gasteiger partial charge on any atom is 0.322 e. The number of nitrogens with one attached hydrogen (secondary N) is 3. The van der Waals surface area contributed by atoms with Gasteiger partial charge in [0, 0.05) is 0 Å². The van der Waals surface area contributed by atoms with E-state index in [9.17, 15) is 19.2 Å². The number of carboxylic acids is 1. The molecule has 144 valence electrons. The number of hydrogen-bond donors (Lipinski definition) is 5. The molecule has 9 heteroatoms. The highest BCUT2D eigenvalue weighted by Crippen LogP contribution is 2.08. The summed E-state index contributed by atoms with van der Waals surface area (Å²) in [5.74, 6) is -2.87. The minimum Gasteiger partial charge on any atom is -0.480 e. The lowest BCUT2D eigenvalue weighted by Crippen LogP contribution is -2.57. The Hall–Kier alpha value is -2.16. The minimum absolute atomic E-state index is 0.127. The Labute approximate surface area is 148 Å². The number of nitrogens with two attached hydrogens (primary N) is 1. The van der Waals surface area contributed by atoms with E-state index < -0.39 is 48.4 Å². The maximum atomic E-state index is 12.5. The lowest BCUT2D eigenvalue weighted by molar-refractivity contribution is -0.139. The monoisotopic (exact) mass is 358 g/mol. The summed E-state index contributed by atoms with van der Waals surface area (Å²) in [6.45, 7) is 8.23. The molecule has 3 unspecified atom stereocenters. The van der Waals surface area contributed by atoms with Crippen LogP contribution in [0.3, 0.4) is 0 Å². The van der Waals surface area contributed by atoms with E-state index in [0.29, 0.717) is 6.42 Å². The predicted molar refractivity (Wildman–Crippen MR) is 92.4 cm³/mol. The van der Waals surface area contributed by atoms with Gasteiger partial charge in [0.2, 0.25) is 17.7 Å². The number of amides is 3. The third kappa shape index (κ3) is 9.04. The smallest absolute Gasteiger partial charge is 0.322 e. The van der Waals surface area contributed by atoms with Crippen LogP contribution < -0.4 is 21.7 Å². The Kier molecular flexibility index (Phi) is 9.73. The summed E-state index contributed by atoms with van der Waals surface area (Å²) in [4.78, 5) is 47.0. The van der Waals surface area contributed by atoms with Crippen molar-refractivity contribution in [3.63, 3.8) is 0 Å². The first-order valence-electron chi connectivity index (χ1n) is 8.31. The Morgan fingerprint density at radius 3 is 1.88 bits per heavy atom. The van der Waals surface area contributed by atoms with Crippen molar-refractivity contribution in [1.29, 1.82) is 0 Å². The molecule has 6 N–H and O–H groups in total. The second kappa shape index (κ2) is 10.7. The molecule has 0 aliphatic carbocycles. The van der Waals surface area contributed by atoms with Crippen molar-refractivity contribution >= 4 is 23.7 Å². The predicted octanol–water partition coefficient (Wildman–Crippen LogP) is -0.794. The van der Waals surface area contributed by atoms with Crippen molar-refractivity contribution in [3.8, 4) is 0 Å². The molecule has 0 fully saturated rings. The molecule has 0 aromatic carbocycles. The van der Waals surface area contributed by atoms with E-state index in [0.717, 1.165) is 0 Å². The average Bonchev–Trinajstić information content (AvgIpc) is 2.48. The minimum atomic E-state index is -1.18. The van der Waals surface area contributed by atoms with E-state index >= 15 is 0 Å². The summed E-state index contributed by atoms with van der Waals surface area (Å²) < 4.78 is 0. The first kappa shape index (κ1) is 22.8. The van der Waals surface area contributed by atoms with Gasteiger partial charge in [-0.3, -0.25) is 19.2 Å². The lowest BCUT2D eigenvalue weighted by Gasteiger charge is -2.26. The molecule has 0 aliphatic rings. The first-order chi connectivity index (χ1) is 11.5. The molecule has 9 nitrogen and oxygen atoms in total. The molecule has 3 atom stereocenters. The second-order valence-electron chi connectivity index (χ2n) is 6.82. The maximum absolute atomic E-state index is 12.5. The van der Waals surface area contributed by atoms with Crippen LogP contribution in [0.25, 0.3) is 0 Å². The molecule has 0 radical (unpaired) electrons. The van der Waals surface area contributed by atoms with E-state index in [-0.39, 0.29) is 11.8 Å². The summed E-state index contributed by atoms with van der Waals surface area (Å²) in [5.41, 5.74) is 5.52. The number of carboxylic acid groups (broad SMARTS) is 1. The highest BCUT2D eigenvalue weighted by Gasteiger charge is 2.29. The Morgan fingerprint density at radius 1 is 0.920 bits per heavy atom. The molecule has 25 heavy (non-hydrogen) atoms.